The molecule has 1 fully saturated rings. The highest BCUT2D eigenvalue weighted by molar-refractivity contribution is 9.10. The molecule has 1 aliphatic rings. The molecule has 0 aliphatic carbocycles. The summed E-state index contributed by atoms with van der Waals surface area (Å²) in [5.74, 6) is 0. The van der Waals surface area contributed by atoms with E-state index in [0.29, 0.717) is 24.6 Å². The van der Waals surface area contributed by atoms with E-state index in [0.717, 1.165) is 11.0 Å². The first-order chi connectivity index (χ1) is 9.00. The fourth-order valence-corrected chi connectivity index (χ4v) is 3.38. The molecule has 1 atom stereocenters. The highest BCUT2D eigenvalue weighted by Crippen LogP contribution is 2.18. The number of nitrogens with one attached hydrogen (secondary N) is 1. The van der Waals surface area contributed by atoms with Crippen molar-refractivity contribution >= 4 is 26.0 Å². The highest BCUT2D eigenvalue weighted by atomic mass is 79.9. The van der Waals surface area contributed by atoms with Crippen LogP contribution in [-0.4, -0.2) is 52.1 Å². The molecule has 1 heterocycles. The maximum atomic E-state index is 12.4. The van der Waals surface area contributed by atoms with Gasteiger partial charge >= 0.3 is 0 Å². The second-order valence-corrected chi connectivity index (χ2v) is 7.40. The monoisotopic (exact) mass is 348 g/mol. The van der Waals surface area contributed by atoms with Crippen LogP contribution in [0.15, 0.2) is 33.6 Å². The minimum Gasteiger partial charge on any atom is -0.374 e. The summed E-state index contributed by atoms with van der Waals surface area (Å²) in [5, 5.41) is 3.19. The first kappa shape index (κ1) is 14.9. The zero-order valence-electron chi connectivity index (χ0n) is 10.7. The summed E-state index contributed by atoms with van der Waals surface area (Å²) in [7, 11) is -1.87. The third-order valence-electron chi connectivity index (χ3n) is 2.99. The third-order valence-corrected chi connectivity index (χ3v) is 5.35. The van der Waals surface area contributed by atoms with Crippen molar-refractivity contribution in [3.63, 3.8) is 0 Å². The molecule has 0 spiro atoms. The molecule has 1 aromatic rings. The molecule has 19 heavy (non-hydrogen) atoms. The van der Waals surface area contributed by atoms with Crippen LogP contribution in [0.2, 0.25) is 0 Å². The summed E-state index contributed by atoms with van der Waals surface area (Å²) in [6, 6.07) is 6.63. The maximum absolute atomic E-state index is 12.4. The van der Waals surface area contributed by atoms with Gasteiger partial charge in [-0.2, -0.15) is 4.31 Å². The average Bonchev–Trinajstić information content (AvgIpc) is 2.40. The smallest absolute Gasteiger partial charge is 0.242 e. The Morgan fingerprint density at radius 3 is 2.68 bits per heavy atom. The van der Waals surface area contributed by atoms with E-state index in [9.17, 15) is 8.42 Å². The van der Waals surface area contributed by atoms with Gasteiger partial charge in [0.15, 0.2) is 0 Å². The van der Waals surface area contributed by atoms with Crippen LogP contribution in [0, 0.1) is 0 Å². The molecular formula is C12H17BrN2O3S. The minimum absolute atomic E-state index is 0.0935. The quantitative estimate of drug-likeness (QED) is 0.883. The van der Waals surface area contributed by atoms with Gasteiger partial charge in [-0.25, -0.2) is 8.42 Å². The van der Waals surface area contributed by atoms with Crippen molar-refractivity contribution in [3.8, 4) is 0 Å². The van der Waals surface area contributed by atoms with Gasteiger partial charge in [-0.1, -0.05) is 15.9 Å². The van der Waals surface area contributed by atoms with Gasteiger partial charge in [-0.05, 0) is 24.3 Å². The molecule has 0 bridgehead atoms. The van der Waals surface area contributed by atoms with Gasteiger partial charge in [0.2, 0.25) is 10.0 Å². The van der Waals surface area contributed by atoms with Crippen LogP contribution >= 0.6 is 15.9 Å². The van der Waals surface area contributed by atoms with E-state index in [1.54, 1.807) is 31.3 Å². The molecule has 2 rings (SSSR count). The Balaban J connectivity index is 2.07. The number of likely N-dealkylation sites (N-methyl/N-ethyl adjacent to an activating group) is 1. The third kappa shape index (κ3) is 3.76. The topological polar surface area (TPSA) is 58.6 Å². The van der Waals surface area contributed by atoms with Crippen LogP contribution < -0.4 is 5.32 Å². The van der Waals surface area contributed by atoms with E-state index in [4.69, 9.17) is 4.74 Å². The molecule has 1 saturated heterocycles. The Labute approximate surface area is 122 Å². The lowest BCUT2D eigenvalue weighted by Crippen LogP contribution is -2.45. The van der Waals surface area contributed by atoms with Crippen LogP contribution in [0.1, 0.15) is 0 Å². The number of ether oxygens (including phenoxy) is 1. The van der Waals surface area contributed by atoms with Gasteiger partial charge in [-0.15, -0.1) is 0 Å². The Bertz CT molecular complexity index is 512. The summed E-state index contributed by atoms with van der Waals surface area (Å²) in [6.45, 7) is 2.47. The lowest BCUT2D eigenvalue weighted by atomic mass is 10.3. The van der Waals surface area contributed by atoms with Gasteiger partial charge in [0.05, 0.1) is 17.6 Å². The number of rotatable bonds is 4. The van der Waals surface area contributed by atoms with Crippen LogP contribution in [0.25, 0.3) is 0 Å². The van der Waals surface area contributed by atoms with Gasteiger partial charge in [0.25, 0.3) is 0 Å². The molecule has 0 aromatic heterocycles. The van der Waals surface area contributed by atoms with Crippen LogP contribution in [0.3, 0.4) is 0 Å². The fraction of sp³-hybridized carbons (Fsp3) is 0.500. The van der Waals surface area contributed by atoms with Crippen molar-refractivity contribution in [2.45, 2.75) is 11.0 Å². The molecule has 7 heteroatoms. The van der Waals surface area contributed by atoms with E-state index >= 15 is 0 Å². The van der Waals surface area contributed by atoms with Gasteiger partial charge < -0.3 is 10.1 Å². The number of hydrogen-bond donors (Lipinski definition) is 1. The molecule has 1 N–H and O–H groups in total. The zero-order chi connectivity index (χ0) is 13.9. The molecule has 0 saturated carbocycles. The average molecular weight is 349 g/mol. The van der Waals surface area contributed by atoms with Crippen molar-refractivity contribution in [2.75, 3.05) is 33.3 Å². The van der Waals surface area contributed by atoms with Crippen molar-refractivity contribution in [2.24, 2.45) is 0 Å². The summed E-state index contributed by atoms with van der Waals surface area (Å²) >= 11 is 3.29. The zero-order valence-corrected chi connectivity index (χ0v) is 13.1. The van der Waals surface area contributed by atoms with Crippen molar-refractivity contribution in [3.05, 3.63) is 28.7 Å². The largest absolute Gasteiger partial charge is 0.374 e. The van der Waals surface area contributed by atoms with E-state index in [-0.39, 0.29) is 6.10 Å². The van der Waals surface area contributed by atoms with Crippen molar-refractivity contribution in [1.82, 2.24) is 9.62 Å². The molecule has 1 aromatic carbocycles. The Morgan fingerprint density at radius 2 is 2.11 bits per heavy atom. The van der Waals surface area contributed by atoms with E-state index in [1.165, 1.54) is 4.31 Å². The van der Waals surface area contributed by atoms with Crippen LogP contribution in [0.5, 0.6) is 0 Å². The van der Waals surface area contributed by atoms with Crippen molar-refractivity contribution in [1.29, 1.82) is 0 Å². The minimum atomic E-state index is -3.45. The molecule has 106 valence electrons. The molecule has 0 radical (unpaired) electrons. The second kappa shape index (κ2) is 6.32. The maximum Gasteiger partial charge on any atom is 0.242 e. The molecule has 5 nitrogen and oxygen atoms in total. The lowest BCUT2D eigenvalue weighted by Gasteiger charge is -2.27. The van der Waals surface area contributed by atoms with Crippen LogP contribution in [0.4, 0.5) is 0 Å². The standard InChI is InChI=1S/C12H17BrN2O3S/c1-15(9-11-8-14-6-7-18-11)19(16,17)12-4-2-10(13)3-5-12/h2-5,11,14H,6-9H2,1H3. The van der Waals surface area contributed by atoms with E-state index < -0.39 is 10.0 Å². The Hall–Kier alpha value is -0.470. The Kier molecular flexibility index (Phi) is 4.97. The summed E-state index contributed by atoms with van der Waals surface area (Å²) < 4.78 is 32.4. The molecule has 0 amide bonds. The number of sulfonamides is 1. The van der Waals surface area contributed by atoms with Gasteiger partial charge in [0, 0.05) is 31.2 Å². The number of benzene rings is 1. The predicted molar refractivity (Wildman–Crippen MR) is 76.6 cm³/mol. The molecular weight excluding hydrogens is 332 g/mol. The molecule has 1 unspecified atom stereocenters. The molecule has 1 aliphatic heterocycles. The van der Waals surface area contributed by atoms with Crippen LogP contribution in [-0.2, 0) is 14.8 Å². The number of hydrogen-bond acceptors (Lipinski definition) is 4. The summed E-state index contributed by atoms with van der Waals surface area (Å²) in [4.78, 5) is 0.293. The normalized spacial score (nSPS) is 20.7. The highest BCUT2D eigenvalue weighted by Gasteiger charge is 2.25. The first-order valence-electron chi connectivity index (χ1n) is 6.04. The summed E-state index contributed by atoms with van der Waals surface area (Å²) in [5.41, 5.74) is 0. The SMILES string of the molecule is CN(CC1CNCCO1)S(=O)(=O)c1ccc(Br)cc1. The number of halogens is 1. The number of nitrogens with zero attached hydrogens (tertiary/aromatic N) is 1. The first-order valence-corrected chi connectivity index (χ1v) is 8.27. The van der Waals surface area contributed by atoms with Gasteiger partial charge in [-0.3, -0.25) is 0 Å². The Morgan fingerprint density at radius 1 is 1.42 bits per heavy atom. The van der Waals surface area contributed by atoms with E-state index in [2.05, 4.69) is 21.2 Å². The van der Waals surface area contributed by atoms with E-state index in [1.807, 2.05) is 0 Å². The van der Waals surface area contributed by atoms with Crippen molar-refractivity contribution < 1.29 is 13.2 Å². The van der Waals surface area contributed by atoms with Gasteiger partial charge in [0.1, 0.15) is 0 Å². The lowest BCUT2D eigenvalue weighted by molar-refractivity contribution is 0.0206. The fourth-order valence-electron chi connectivity index (χ4n) is 1.91. The number of morpholine rings is 1. The summed E-state index contributed by atoms with van der Waals surface area (Å²) in [6.07, 6.45) is -0.0935. The predicted octanol–water partition coefficient (Wildman–Crippen LogP) is 1.06. The second-order valence-electron chi connectivity index (χ2n) is 4.44.